The zero-order chi connectivity index (χ0) is 13.8. The minimum atomic E-state index is -0.186. The van der Waals surface area contributed by atoms with Crippen LogP contribution in [0.15, 0.2) is 48.5 Å². The first kappa shape index (κ1) is 13.8. The Morgan fingerprint density at radius 3 is 2.21 bits per heavy atom. The molecule has 2 rings (SSSR count). The molecule has 2 heteroatoms. The second-order valence-electron chi connectivity index (χ2n) is 5.29. The third kappa shape index (κ3) is 3.42. The molecule has 1 nitrogen and oxygen atoms in total. The maximum Gasteiger partial charge on any atom is 0.131 e. The standard InChI is InChI=1S/C17H20FN/c1-12(2)17(19)11-13-7-9-14(10-8-13)15-5-3-4-6-16(15)18/h3-10,12,17H,11,19H2,1-2H3. The van der Waals surface area contributed by atoms with E-state index in [0.717, 1.165) is 12.0 Å². The molecule has 0 saturated carbocycles. The molecular weight excluding hydrogens is 237 g/mol. The summed E-state index contributed by atoms with van der Waals surface area (Å²) < 4.78 is 13.7. The molecule has 2 aromatic carbocycles. The third-order valence-electron chi connectivity index (χ3n) is 3.47. The quantitative estimate of drug-likeness (QED) is 0.879. The van der Waals surface area contributed by atoms with Gasteiger partial charge >= 0.3 is 0 Å². The predicted molar refractivity (Wildman–Crippen MR) is 78.4 cm³/mol. The van der Waals surface area contributed by atoms with Crippen molar-refractivity contribution in [3.63, 3.8) is 0 Å². The van der Waals surface area contributed by atoms with Crippen molar-refractivity contribution in [1.82, 2.24) is 0 Å². The Balaban J connectivity index is 2.17. The van der Waals surface area contributed by atoms with Gasteiger partial charge in [0.25, 0.3) is 0 Å². The van der Waals surface area contributed by atoms with E-state index in [1.165, 1.54) is 11.6 Å². The van der Waals surface area contributed by atoms with Crippen LogP contribution in [0.1, 0.15) is 19.4 Å². The number of rotatable bonds is 4. The molecule has 1 unspecified atom stereocenters. The molecule has 2 aromatic rings. The highest BCUT2D eigenvalue weighted by Crippen LogP contribution is 2.23. The molecule has 0 heterocycles. The van der Waals surface area contributed by atoms with Gasteiger partial charge in [0.1, 0.15) is 5.82 Å². The average Bonchev–Trinajstić information content (AvgIpc) is 2.40. The zero-order valence-corrected chi connectivity index (χ0v) is 11.4. The monoisotopic (exact) mass is 257 g/mol. The molecule has 0 spiro atoms. The molecule has 19 heavy (non-hydrogen) atoms. The molecule has 0 fully saturated rings. The molecule has 0 aromatic heterocycles. The molecule has 0 amide bonds. The van der Waals surface area contributed by atoms with Crippen molar-refractivity contribution in [1.29, 1.82) is 0 Å². The summed E-state index contributed by atoms with van der Waals surface area (Å²) in [5.74, 6) is 0.278. The van der Waals surface area contributed by atoms with Gasteiger partial charge in [0.05, 0.1) is 0 Å². The van der Waals surface area contributed by atoms with Crippen LogP contribution >= 0.6 is 0 Å². The number of benzene rings is 2. The fourth-order valence-electron chi connectivity index (χ4n) is 2.02. The van der Waals surface area contributed by atoms with E-state index in [9.17, 15) is 4.39 Å². The molecule has 0 bridgehead atoms. The van der Waals surface area contributed by atoms with Crippen LogP contribution in [0.25, 0.3) is 11.1 Å². The first-order chi connectivity index (χ1) is 9.08. The van der Waals surface area contributed by atoms with E-state index in [1.54, 1.807) is 12.1 Å². The van der Waals surface area contributed by atoms with Gasteiger partial charge in [-0.25, -0.2) is 4.39 Å². The summed E-state index contributed by atoms with van der Waals surface area (Å²) in [4.78, 5) is 0. The first-order valence-corrected chi connectivity index (χ1v) is 6.67. The second-order valence-corrected chi connectivity index (χ2v) is 5.29. The molecule has 0 aliphatic heterocycles. The Labute approximate surface area is 114 Å². The van der Waals surface area contributed by atoms with Crippen molar-refractivity contribution in [2.45, 2.75) is 26.3 Å². The first-order valence-electron chi connectivity index (χ1n) is 6.67. The maximum absolute atomic E-state index is 13.7. The smallest absolute Gasteiger partial charge is 0.131 e. The van der Waals surface area contributed by atoms with Crippen molar-refractivity contribution < 1.29 is 4.39 Å². The fraction of sp³-hybridized carbons (Fsp3) is 0.294. The third-order valence-corrected chi connectivity index (χ3v) is 3.47. The average molecular weight is 257 g/mol. The fourth-order valence-corrected chi connectivity index (χ4v) is 2.02. The lowest BCUT2D eigenvalue weighted by Crippen LogP contribution is -2.28. The number of halogens is 1. The Morgan fingerprint density at radius 2 is 1.63 bits per heavy atom. The SMILES string of the molecule is CC(C)C(N)Cc1ccc(-c2ccccc2F)cc1. The van der Waals surface area contributed by atoms with Gasteiger partial charge in [-0.1, -0.05) is 56.3 Å². The van der Waals surface area contributed by atoms with Crippen LogP contribution in [0.2, 0.25) is 0 Å². The van der Waals surface area contributed by atoms with Crippen LogP contribution in [0.4, 0.5) is 4.39 Å². The van der Waals surface area contributed by atoms with E-state index in [4.69, 9.17) is 5.73 Å². The number of hydrogen-bond acceptors (Lipinski definition) is 1. The summed E-state index contributed by atoms with van der Waals surface area (Å²) >= 11 is 0. The Hall–Kier alpha value is -1.67. The van der Waals surface area contributed by atoms with Crippen molar-refractivity contribution >= 4 is 0 Å². The summed E-state index contributed by atoms with van der Waals surface area (Å²) in [5, 5.41) is 0. The summed E-state index contributed by atoms with van der Waals surface area (Å²) in [6, 6.07) is 15.0. The highest BCUT2D eigenvalue weighted by molar-refractivity contribution is 5.64. The highest BCUT2D eigenvalue weighted by atomic mass is 19.1. The molecular formula is C17H20FN. The van der Waals surface area contributed by atoms with Crippen molar-refractivity contribution in [3.05, 3.63) is 59.9 Å². The number of nitrogens with two attached hydrogens (primary N) is 1. The van der Waals surface area contributed by atoms with Gasteiger partial charge < -0.3 is 5.73 Å². The van der Waals surface area contributed by atoms with Gasteiger partial charge in [-0.05, 0) is 29.5 Å². The molecule has 100 valence electrons. The largest absolute Gasteiger partial charge is 0.327 e. The molecule has 2 N–H and O–H groups in total. The van der Waals surface area contributed by atoms with E-state index in [1.807, 2.05) is 30.3 Å². The van der Waals surface area contributed by atoms with Crippen LogP contribution < -0.4 is 5.73 Å². The van der Waals surface area contributed by atoms with Crippen LogP contribution in [-0.2, 0) is 6.42 Å². The minimum absolute atomic E-state index is 0.166. The van der Waals surface area contributed by atoms with Crippen LogP contribution in [0.3, 0.4) is 0 Å². The maximum atomic E-state index is 13.7. The van der Waals surface area contributed by atoms with E-state index in [-0.39, 0.29) is 11.9 Å². The van der Waals surface area contributed by atoms with E-state index >= 15 is 0 Å². The minimum Gasteiger partial charge on any atom is -0.327 e. The lowest BCUT2D eigenvalue weighted by Gasteiger charge is -2.15. The molecule has 1 atom stereocenters. The van der Waals surface area contributed by atoms with Crippen LogP contribution in [0.5, 0.6) is 0 Å². The molecule has 0 aliphatic carbocycles. The lowest BCUT2D eigenvalue weighted by atomic mass is 9.96. The van der Waals surface area contributed by atoms with Crippen LogP contribution in [-0.4, -0.2) is 6.04 Å². The summed E-state index contributed by atoms with van der Waals surface area (Å²) in [6.07, 6.45) is 0.856. The highest BCUT2D eigenvalue weighted by Gasteiger charge is 2.09. The second kappa shape index (κ2) is 5.98. The normalized spacial score (nSPS) is 12.7. The number of hydrogen-bond donors (Lipinski definition) is 1. The van der Waals surface area contributed by atoms with Gasteiger partial charge in [0, 0.05) is 11.6 Å². The van der Waals surface area contributed by atoms with Crippen molar-refractivity contribution in [2.24, 2.45) is 11.7 Å². The Morgan fingerprint density at radius 1 is 1.00 bits per heavy atom. The molecule has 0 saturated heterocycles. The Bertz CT molecular complexity index is 531. The lowest BCUT2D eigenvalue weighted by molar-refractivity contribution is 0.490. The van der Waals surface area contributed by atoms with Gasteiger partial charge in [-0.15, -0.1) is 0 Å². The van der Waals surface area contributed by atoms with Crippen LogP contribution in [0, 0.1) is 11.7 Å². The predicted octanol–water partition coefficient (Wildman–Crippen LogP) is 4.02. The molecule has 0 radical (unpaired) electrons. The van der Waals surface area contributed by atoms with Gasteiger partial charge in [-0.3, -0.25) is 0 Å². The Kier molecular flexibility index (Phi) is 4.33. The van der Waals surface area contributed by atoms with E-state index in [2.05, 4.69) is 13.8 Å². The van der Waals surface area contributed by atoms with E-state index < -0.39 is 0 Å². The topological polar surface area (TPSA) is 26.0 Å². The van der Waals surface area contributed by atoms with Crippen molar-refractivity contribution in [2.75, 3.05) is 0 Å². The summed E-state index contributed by atoms with van der Waals surface area (Å²) in [7, 11) is 0. The summed E-state index contributed by atoms with van der Waals surface area (Å²) in [5.41, 5.74) is 8.80. The summed E-state index contributed by atoms with van der Waals surface area (Å²) in [6.45, 7) is 4.25. The van der Waals surface area contributed by atoms with Crippen molar-refractivity contribution in [3.8, 4) is 11.1 Å². The van der Waals surface area contributed by atoms with Gasteiger partial charge in [-0.2, -0.15) is 0 Å². The zero-order valence-electron chi connectivity index (χ0n) is 11.4. The van der Waals surface area contributed by atoms with E-state index in [0.29, 0.717) is 11.5 Å². The van der Waals surface area contributed by atoms with Gasteiger partial charge in [0.2, 0.25) is 0 Å². The van der Waals surface area contributed by atoms with Gasteiger partial charge in [0.15, 0.2) is 0 Å². The molecule has 0 aliphatic rings.